The molecule has 1 aromatic carbocycles. The summed E-state index contributed by atoms with van der Waals surface area (Å²) in [5.41, 5.74) is 1.06. The molecular weight excluding hydrogens is 390 g/mol. The minimum absolute atomic E-state index is 0.0591. The van der Waals surface area contributed by atoms with Gasteiger partial charge in [-0.15, -0.1) is 0 Å². The number of pyridine rings is 1. The number of hydrogen-bond donors (Lipinski definition) is 1. The number of nitrogens with zero attached hydrogens (tertiary/aromatic N) is 4. The fourth-order valence-electron chi connectivity index (χ4n) is 4.43. The molecule has 2 aliphatic rings. The lowest BCUT2D eigenvalue weighted by molar-refractivity contribution is -0.139. The molecule has 0 aliphatic carbocycles. The zero-order valence-electron chi connectivity index (χ0n) is 17.9. The van der Waals surface area contributed by atoms with Gasteiger partial charge >= 0.3 is 0 Å². The first-order chi connectivity index (χ1) is 15.2. The molecule has 0 radical (unpaired) electrons. The summed E-state index contributed by atoms with van der Waals surface area (Å²) in [5, 5.41) is 2.84. The highest BCUT2D eigenvalue weighted by Crippen LogP contribution is 2.26. The van der Waals surface area contributed by atoms with Crippen molar-refractivity contribution >= 4 is 17.6 Å². The number of hydrogen-bond acceptors (Lipinski definition) is 5. The SMILES string of the molecule is O=C(CN1CCN(C(C(=O)N2CCCCC2)c2ccccc2)CC1)Nc1ccccn1. The Morgan fingerprint density at radius 2 is 1.58 bits per heavy atom. The first-order valence-corrected chi connectivity index (χ1v) is 11.2. The lowest BCUT2D eigenvalue weighted by Gasteiger charge is -2.41. The largest absolute Gasteiger partial charge is 0.341 e. The van der Waals surface area contributed by atoms with Crippen LogP contribution in [-0.4, -0.2) is 77.3 Å². The van der Waals surface area contributed by atoms with Crippen molar-refractivity contribution in [1.29, 1.82) is 0 Å². The maximum atomic E-state index is 13.5. The molecule has 1 atom stereocenters. The Morgan fingerprint density at radius 3 is 2.26 bits per heavy atom. The standard InChI is InChI=1S/C24H31N5O2/c30-22(26-21-11-5-6-12-25-21)19-27-15-17-28(18-16-27)23(20-9-3-1-4-10-20)24(31)29-13-7-2-8-14-29/h1,3-6,9-12,23H,2,7-8,13-19H2,(H,25,26,30). The van der Waals surface area contributed by atoms with Gasteiger partial charge in [0.2, 0.25) is 11.8 Å². The van der Waals surface area contributed by atoms with Gasteiger partial charge in [-0.25, -0.2) is 4.98 Å². The van der Waals surface area contributed by atoms with Gasteiger partial charge in [0.25, 0.3) is 0 Å². The normalized spacial score (nSPS) is 19.0. The van der Waals surface area contributed by atoms with Crippen molar-refractivity contribution in [2.75, 3.05) is 51.1 Å². The predicted molar refractivity (Wildman–Crippen MR) is 120 cm³/mol. The van der Waals surface area contributed by atoms with E-state index >= 15 is 0 Å². The van der Waals surface area contributed by atoms with Crippen LogP contribution in [0.3, 0.4) is 0 Å². The number of aromatic nitrogens is 1. The topological polar surface area (TPSA) is 68.8 Å². The van der Waals surface area contributed by atoms with E-state index in [0.717, 1.165) is 57.7 Å². The smallest absolute Gasteiger partial charge is 0.244 e. The van der Waals surface area contributed by atoms with Gasteiger partial charge in [0, 0.05) is 45.5 Å². The maximum absolute atomic E-state index is 13.5. The van der Waals surface area contributed by atoms with Crippen molar-refractivity contribution in [3.63, 3.8) is 0 Å². The molecule has 2 saturated heterocycles. The third kappa shape index (κ3) is 5.68. The summed E-state index contributed by atoms with van der Waals surface area (Å²) >= 11 is 0. The predicted octanol–water partition coefficient (Wildman–Crippen LogP) is 2.39. The van der Waals surface area contributed by atoms with E-state index in [1.54, 1.807) is 12.3 Å². The lowest BCUT2D eigenvalue weighted by Crippen LogP contribution is -2.53. The van der Waals surface area contributed by atoms with Crippen LogP contribution in [-0.2, 0) is 9.59 Å². The maximum Gasteiger partial charge on any atom is 0.244 e. The summed E-state index contributed by atoms with van der Waals surface area (Å²) in [5.74, 6) is 0.728. The number of likely N-dealkylation sites (tertiary alicyclic amines) is 1. The van der Waals surface area contributed by atoms with Crippen molar-refractivity contribution in [2.24, 2.45) is 0 Å². The van der Waals surface area contributed by atoms with Gasteiger partial charge in [-0.05, 0) is 37.0 Å². The van der Waals surface area contributed by atoms with Gasteiger partial charge in [-0.2, -0.15) is 0 Å². The molecule has 164 valence electrons. The molecule has 7 heteroatoms. The molecular formula is C24H31N5O2. The average Bonchev–Trinajstić information content (AvgIpc) is 2.82. The molecule has 1 aromatic heterocycles. The molecule has 2 fully saturated rings. The summed E-state index contributed by atoms with van der Waals surface area (Å²) < 4.78 is 0. The van der Waals surface area contributed by atoms with Crippen LogP contribution in [0.15, 0.2) is 54.7 Å². The fraction of sp³-hybridized carbons (Fsp3) is 0.458. The zero-order chi connectivity index (χ0) is 21.5. The first kappa shape index (κ1) is 21.5. The van der Waals surface area contributed by atoms with Gasteiger partial charge in [0.05, 0.1) is 6.54 Å². The van der Waals surface area contributed by atoms with E-state index in [1.165, 1.54) is 6.42 Å². The number of benzene rings is 1. The van der Waals surface area contributed by atoms with E-state index in [1.807, 2.05) is 35.2 Å². The van der Waals surface area contributed by atoms with Gasteiger partial charge in [-0.3, -0.25) is 19.4 Å². The van der Waals surface area contributed by atoms with E-state index in [0.29, 0.717) is 12.4 Å². The number of rotatable bonds is 6. The Hall–Kier alpha value is -2.77. The quantitative estimate of drug-likeness (QED) is 0.776. The summed E-state index contributed by atoms with van der Waals surface area (Å²) in [4.78, 5) is 36.4. The Morgan fingerprint density at radius 1 is 0.871 bits per heavy atom. The molecule has 2 aromatic rings. The van der Waals surface area contributed by atoms with Crippen molar-refractivity contribution in [2.45, 2.75) is 25.3 Å². The highest BCUT2D eigenvalue weighted by Gasteiger charge is 2.34. The van der Waals surface area contributed by atoms with Crippen LogP contribution < -0.4 is 5.32 Å². The summed E-state index contributed by atoms with van der Waals surface area (Å²) in [6.45, 7) is 5.08. The Balaban J connectivity index is 1.37. The highest BCUT2D eigenvalue weighted by molar-refractivity contribution is 5.91. The van der Waals surface area contributed by atoms with Gasteiger partial charge in [0.1, 0.15) is 11.9 Å². The molecule has 1 N–H and O–H groups in total. The van der Waals surface area contributed by atoms with E-state index in [9.17, 15) is 9.59 Å². The molecule has 31 heavy (non-hydrogen) atoms. The number of amides is 2. The van der Waals surface area contributed by atoms with Crippen LogP contribution in [0.2, 0.25) is 0 Å². The number of nitrogens with one attached hydrogen (secondary N) is 1. The minimum atomic E-state index is -0.246. The summed E-state index contributed by atoms with van der Waals surface area (Å²) in [6.07, 6.45) is 5.05. The number of piperazine rings is 1. The van der Waals surface area contributed by atoms with Crippen LogP contribution in [0.25, 0.3) is 0 Å². The first-order valence-electron chi connectivity index (χ1n) is 11.2. The molecule has 2 amide bonds. The fourth-order valence-corrected chi connectivity index (χ4v) is 4.43. The van der Waals surface area contributed by atoms with Crippen LogP contribution in [0.5, 0.6) is 0 Å². The number of piperidine rings is 1. The van der Waals surface area contributed by atoms with Crippen molar-refractivity contribution < 1.29 is 9.59 Å². The Bertz CT molecular complexity index is 847. The van der Waals surface area contributed by atoms with Gasteiger partial charge in [-0.1, -0.05) is 36.4 Å². The molecule has 0 spiro atoms. The van der Waals surface area contributed by atoms with Crippen LogP contribution in [0.1, 0.15) is 30.9 Å². The third-order valence-corrected chi connectivity index (χ3v) is 6.09. The van der Waals surface area contributed by atoms with Crippen LogP contribution in [0, 0.1) is 0 Å². The van der Waals surface area contributed by atoms with E-state index in [-0.39, 0.29) is 17.9 Å². The minimum Gasteiger partial charge on any atom is -0.341 e. The molecule has 3 heterocycles. The third-order valence-electron chi connectivity index (χ3n) is 6.09. The number of carbonyl (C=O) groups is 2. The van der Waals surface area contributed by atoms with Crippen molar-refractivity contribution in [3.05, 3.63) is 60.3 Å². The van der Waals surface area contributed by atoms with Crippen LogP contribution >= 0.6 is 0 Å². The van der Waals surface area contributed by atoms with Crippen molar-refractivity contribution in [3.8, 4) is 0 Å². The Kier molecular flexibility index (Phi) is 7.27. The van der Waals surface area contributed by atoms with Gasteiger partial charge < -0.3 is 10.2 Å². The summed E-state index contributed by atoms with van der Waals surface area (Å²) in [7, 11) is 0. The number of carbonyl (C=O) groups excluding carboxylic acids is 2. The average molecular weight is 422 g/mol. The van der Waals surface area contributed by atoms with Crippen molar-refractivity contribution in [1.82, 2.24) is 19.7 Å². The second-order valence-corrected chi connectivity index (χ2v) is 8.27. The molecule has 4 rings (SSSR count). The Labute approximate surface area is 184 Å². The van der Waals surface area contributed by atoms with Crippen LogP contribution in [0.4, 0.5) is 5.82 Å². The van der Waals surface area contributed by atoms with E-state index < -0.39 is 0 Å². The second kappa shape index (κ2) is 10.5. The molecule has 0 saturated carbocycles. The highest BCUT2D eigenvalue weighted by atomic mass is 16.2. The van der Waals surface area contributed by atoms with Gasteiger partial charge in [0.15, 0.2) is 0 Å². The number of anilines is 1. The van der Waals surface area contributed by atoms with E-state index in [4.69, 9.17) is 0 Å². The summed E-state index contributed by atoms with van der Waals surface area (Å²) in [6, 6.07) is 15.3. The zero-order valence-corrected chi connectivity index (χ0v) is 17.9. The monoisotopic (exact) mass is 421 g/mol. The molecule has 1 unspecified atom stereocenters. The molecule has 2 aliphatic heterocycles. The van der Waals surface area contributed by atoms with E-state index in [2.05, 4.69) is 32.2 Å². The molecule has 7 nitrogen and oxygen atoms in total. The molecule has 0 bridgehead atoms. The second-order valence-electron chi connectivity index (χ2n) is 8.27. The lowest BCUT2D eigenvalue weighted by atomic mass is 10.0.